The smallest absolute Gasteiger partial charge is 0.373 e. The summed E-state index contributed by atoms with van der Waals surface area (Å²) >= 11 is 0. The van der Waals surface area contributed by atoms with Crippen LogP contribution in [0.25, 0.3) is 0 Å². The molecule has 0 saturated heterocycles. The van der Waals surface area contributed by atoms with Crippen molar-refractivity contribution >= 4 is 15.8 Å². The van der Waals surface area contributed by atoms with Crippen molar-refractivity contribution in [3.05, 3.63) is 54.0 Å². The molecular weight excluding hydrogens is 268 g/mol. The van der Waals surface area contributed by atoms with Crippen LogP contribution in [0.3, 0.4) is 0 Å². The van der Waals surface area contributed by atoms with Crippen LogP contribution in [-0.4, -0.2) is 21.5 Å². The summed E-state index contributed by atoms with van der Waals surface area (Å²) < 4.78 is 33.8. The number of ether oxygens (including phenoxy) is 1. The lowest BCUT2D eigenvalue weighted by molar-refractivity contribution is 0.0563. The molecule has 0 radical (unpaired) electrons. The number of benzene rings is 1. The van der Waals surface area contributed by atoms with Crippen LogP contribution in [0.5, 0.6) is 0 Å². The molecule has 5 nitrogen and oxygen atoms in total. The van der Waals surface area contributed by atoms with E-state index in [4.69, 9.17) is 4.42 Å². The Morgan fingerprint density at radius 3 is 2.47 bits per heavy atom. The first-order valence-electron chi connectivity index (χ1n) is 5.48. The van der Waals surface area contributed by atoms with E-state index >= 15 is 0 Å². The highest BCUT2D eigenvalue weighted by Crippen LogP contribution is 2.18. The first-order valence-corrected chi connectivity index (χ1v) is 7.13. The molecule has 6 heteroatoms. The summed E-state index contributed by atoms with van der Waals surface area (Å²) in [5.74, 6) is -0.748. The summed E-state index contributed by atoms with van der Waals surface area (Å²) in [6.45, 7) is 0. The molecule has 0 unspecified atom stereocenters. The summed E-state index contributed by atoms with van der Waals surface area (Å²) in [4.78, 5) is 11.4. The van der Waals surface area contributed by atoms with Crippen molar-refractivity contribution in [2.75, 3.05) is 7.11 Å². The molecule has 1 heterocycles. The Hall–Kier alpha value is -2.08. The number of furan rings is 1. The van der Waals surface area contributed by atoms with Crippen LogP contribution in [0.1, 0.15) is 16.3 Å². The van der Waals surface area contributed by atoms with Crippen LogP contribution in [0, 0.1) is 0 Å². The maximum absolute atomic E-state index is 12.1. The van der Waals surface area contributed by atoms with Gasteiger partial charge in [0.05, 0.1) is 12.0 Å². The molecule has 0 atom stereocenters. The first kappa shape index (κ1) is 13.4. The van der Waals surface area contributed by atoms with E-state index in [1.54, 1.807) is 18.2 Å². The van der Waals surface area contributed by atoms with Gasteiger partial charge in [0.2, 0.25) is 5.76 Å². The number of rotatable bonds is 4. The maximum Gasteiger partial charge on any atom is 0.373 e. The van der Waals surface area contributed by atoms with Gasteiger partial charge in [0, 0.05) is 0 Å². The highest BCUT2D eigenvalue weighted by Gasteiger charge is 2.19. The van der Waals surface area contributed by atoms with Crippen molar-refractivity contribution in [2.24, 2.45) is 0 Å². The molecule has 0 aliphatic carbocycles. The average Bonchev–Trinajstić information content (AvgIpc) is 2.86. The number of hydrogen-bond donors (Lipinski definition) is 0. The van der Waals surface area contributed by atoms with Gasteiger partial charge < -0.3 is 9.15 Å². The third-order valence-corrected chi connectivity index (χ3v) is 4.14. The van der Waals surface area contributed by atoms with Crippen LogP contribution in [-0.2, 0) is 20.3 Å². The number of carbonyl (C=O) groups is 1. The Labute approximate surface area is 110 Å². The van der Waals surface area contributed by atoms with E-state index in [2.05, 4.69) is 4.74 Å². The van der Waals surface area contributed by atoms with E-state index in [0.29, 0.717) is 0 Å². The van der Waals surface area contributed by atoms with Crippen LogP contribution in [0.2, 0.25) is 0 Å². The van der Waals surface area contributed by atoms with E-state index in [9.17, 15) is 13.2 Å². The van der Waals surface area contributed by atoms with E-state index in [0.717, 1.165) is 0 Å². The van der Waals surface area contributed by atoms with Crippen molar-refractivity contribution in [1.29, 1.82) is 0 Å². The fourth-order valence-corrected chi connectivity index (χ4v) is 2.83. The fourth-order valence-electron chi connectivity index (χ4n) is 1.56. The molecule has 2 rings (SSSR count). The Bertz CT molecular complexity index is 670. The standard InChI is InChI=1S/C13H12O5S/c1-17-13(14)12-8-7-10(18-12)9-19(15,16)11-5-3-2-4-6-11/h2-8H,9H2,1H3. The number of methoxy groups -OCH3 is 1. The minimum absolute atomic E-state index is 0.0132. The summed E-state index contributed by atoms with van der Waals surface area (Å²) in [7, 11) is -2.25. The summed E-state index contributed by atoms with van der Waals surface area (Å²) in [5.41, 5.74) is 0. The molecular formula is C13H12O5S. The van der Waals surface area contributed by atoms with Gasteiger partial charge in [0.15, 0.2) is 9.84 Å². The molecule has 19 heavy (non-hydrogen) atoms. The SMILES string of the molecule is COC(=O)c1ccc(CS(=O)(=O)c2ccccc2)o1. The summed E-state index contributed by atoms with van der Waals surface area (Å²) in [5, 5.41) is 0. The van der Waals surface area contributed by atoms with Crippen LogP contribution < -0.4 is 0 Å². The Balaban J connectivity index is 2.22. The van der Waals surface area contributed by atoms with E-state index in [1.165, 1.54) is 31.4 Å². The van der Waals surface area contributed by atoms with Gasteiger partial charge in [-0.15, -0.1) is 0 Å². The third-order valence-electron chi connectivity index (χ3n) is 2.48. The van der Waals surface area contributed by atoms with E-state index in [-0.39, 0.29) is 22.2 Å². The predicted molar refractivity (Wildman–Crippen MR) is 67.4 cm³/mol. The van der Waals surface area contributed by atoms with E-state index < -0.39 is 15.8 Å². The van der Waals surface area contributed by atoms with Crippen molar-refractivity contribution in [3.63, 3.8) is 0 Å². The second-order valence-corrected chi connectivity index (χ2v) is 5.82. The van der Waals surface area contributed by atoms with Gasteiger partial charge in [-0.05, 0) is 24.3 Å². The molecule has 0 N–H and O–H groups in total. The lowest BCUT2D eigenvalue weighted by Gasteiger charge is -2.01. The molecule has 0 aliphatic rings. The topological polar surface area (TPSA) is 73.6 Å². The normalized spacial score (nSPS) is 11.2. The number of hydrogen-bond acceptors (Lipinski definition) is 5. The van der Waals surface area contributed by atoms with Crippen LogP contribution >= 0.6 is 0 Å². The zero-order chi connectivity index (χ0) is 13.9. The lowest BCUT2D eigenvalue weighted by Crippen LogP contribution is -2.04. The van der Waals surface area contributed by atoms with Crippen LogP contribution in [0.15, 0.2) is 51.8 Å². The third kappa shape index (κ3) is 3.03. The largest absolute Gasteiger partial charge is 0.463 e. The first-order chi connectivity index (χ1) is 9.03. The van der Waals surface area contributed by atoms with Crippen molar-refractivity contribution in [3.8, 4) is 0 Å². The lowest BCUT2D eigenvalue weighted by atomic mass is 10.4. The number of esters is 1. The highest BCUT2D eigenvalue weighted by atomic mass is 32.2. The minimum Gasteiger partial charge on any atom is -0.463 e. The molecule has 0 spiro atoms. The molecule has 0 aliphatic heterocycles. The Morgan fingerprint density at radius 2 is 1.84 bits per heavy atom. The summed E-state index contributed by atoms with van der Waals surface area (Å²) in [6, 6.07) is 10.9. The van der Waals surface area contributed by atoms with Gasteiger partial charge in [-0.1, -0.05) is 18.2 Å². The molecule has 0 amide bonds. The Morgan fingerprint density at radius 1 is 1.16 bits per heavy atom. The van der Waals surface area contributed by atoms with Crippen molar-refractivity contribution in [1.82, 2.24) is 0 Å². The van der Waals surface area contributed by atoms with Gasteiger partial charge in [-0.3, -0.25) is 0 Å². The fraction of sp³-hybridized carbons (Fsp3) is 0.154. The summed E-state index contributed by atoms with van der Waals surface area (Å²) in [6.07, 6.45) is 0. The van der Waals surface area contributed by atoms with Gasteiger partial charge in [-0.2, -0.15) is 0 Å². The highest BCUT2D eigenvalue weighted by molar-refractivity contribution is 7.90. The quantitative estimate of drug-likeness (QED) is 0.801. The molecule has 0 saturated carbocycles. The maximum atomic E-state index is 12.1. The zero-order valence-corrected chi connectivity index (χ0v) is 11.0. The second kappa shape index (κ2) is 5.27. The zero-order valence-electron chi connectivity index (χ0n) is 10.2. The van der Waals surface area contributed by atoms with Crippen molar-refractivity contribution in [2.45, 2.75) is 10.6 Å². The Kier molecular flexibility index (Phi) is 3.71. The second-order valence-electron chi connectivity index (χ2n) is 3.83. The van der Waals surface area contributed by atoms with Gasteiger partial charge in [0.1, 0.15) is 11.5 Å². The minimum atomic E-state index is -3.48. The molecule has 0 fully saturated rings. The van der Waals surface area contributed by atoms with Gasteiger partial charge in [0.25, 0.3) is 0 Å². The van der Waals surface area contributed by atoms with E-state index in [1.807, 2.05) is 0 Å². The molecule has 1 aromatic carbocycles. The molecule has 0 bridgehead atoms. The molecule has 1 aromatic heterocycles. The van der Waals surface area contributed by atoms with Crippen molar-refractivity contribution < 1.29 is 22.4 Å². The number of carbonyl (C=O) groups excluding carboxylic acids is 1. The van der Waals surface area contributed by atoms with Gasteiger partial charge >= 0.3 is 5.97 Å². The van der Waals surface area contributed by atoms with Gasteiger partial charge in [-0.25, -0.2) is 13.2 Å². The monoisotopic (exact) mass is 280 g/mol. The molecule has 2 aromatic rings. The molecule has 100 valence electrons. The predicted octanol–water partition coefficient (Wildman–Crippen LogP) is 2.04. The number of sulfone groups is 1. The average molecular weight is 280 g/mol. The van der Waals surface area contributed by atoms with Crippen LogP contribution in [0.4, 0.5) is 0 Å².